The first-order valence-corrected chi connectivity index (χ1v) is 15.6. The Morgan fingerprint density at radius 2 is 1.56 bits per heavy atom. The molecule has 1 saturated heterocycles. The van der Waals surface area contributed by atoms with Crippen LogP contribution >= 0.6 is 23.2 Å². The van der Waals surface area contributed by atoms with Crippen molar-refractivity contribution in [1.29, 1.82) is 0 Å². The van der Waals surface area contributed by atoms with E-state index in [1.807, 2.05) is 65.3 Å². The summed E-state index contributed by atoms with van der Waals surface area (Å²) in [4.78, 5) is 35.5. The van der Waals surface area contributed by atoms with Crippen LogP contribution in [0.15, 0.2) is 59.7 Å². The number of piperidine rings is 1. The van der Waals surface area contributed by atoms with E-state index in [1.54, 1.807) is 6.20 Å². The van der Waals surface area contributed by atoms with Gasteiger partial charge < -0.3 is 14.5 Å². The van der Waals surface area contributed by atoms with Crippen molar-refractivity contribution >= 4 is 35.1 Å². The molecule has 10 heteroatoms. The molecular formula is C33H40Cl2N6O2. The van der Waals surface area contributed by atoms with Gasteiger partial charge in [0.05, 0.1) is 18.2 Å². The molecule has 2 amide bonds. The van der Waals surface area contributed by atoms with Crippen molar-refractivity contribution < 1.29 is 9.53 Å². The molecule has 2 aliphatic heterocycles. The summed E-state index contributed by atoms with van der Waals surface area (Å²) in [5, 5.41) is 1.26. The Bertz CT molecular complexity index is 1460. The summed E-state index contributed by atoms with van der Waals surface area (Å²) in [5.41, 5.74) is 2.16. The van der Waals surface area contributed by atoms with Gasteiger partial charge in [0.15, 0.2) is 0 Å². The molecule has 3 aromatic rings. The molecule has 2 aliphatic rings. The molecule has 43 heavy (non-hydrogen) atoms. The molecule has 5 rings (SSSR count). The van der Waals surface area contributed by atoms with E-state index in [0.717, 1.165) is 24.0 Å². The second kappa shape index (κ2) is 12.8. The van der Waals surface area contributed by atoms with Crippen molar-refractivity contribution in [2.45, 2.75) is 64.1 Å². The van der Waals surface area contributed by atoms with Crippen molar-refractivity contribution in [2.24, 2.45) is 4.99 Å². The van der Waals surface area contributed by atoms with Crippen molar-refractivity contribution in [2.75, 3.05) is 33.8 Å². The second-order valence-corrected chi connectivity index (χ2v) is 13.2. The summed E-state index contributed by atoms with van der Waals surface area (Å²) in [7, 11) is 4.19. The van der Waals surface area contributed by atoms with Crippen LogP contribution in [-0.2, 0) is 5.41 Å². The molecule has 0 N–H and O–H groups in total. The number of benzene rings is 2. The number of aliphatic imine (C=N–C) groups is 1. The molecule has 2 atom stereocenters. The second-order valence-electron chi connectivity index (χ2n) is 12.4. The molecule has 0 radical (unpaired) electrons. The Kier molecular flexibility index (Phi) is 9.30. The quantitative estimate of drug-likeness (QED) is 0.291. The highest BCUT2D eigenvalue weighted by Crippen LogP contribution is 2.45. The monoisotopic (exact) mass is 622 g/mol. The zero-order valence-corrected chi connectivity index (χ0v) is 27.2. The van der Waals surface area contributed by atoms with Crippen LogP contribution in [0.3, 0.4) is 0 Å². The number of halogens is 2. The number of hydrogen-bond acceptors (Lipinski definition) is 6. The molecule has 0 bridgehead atoms. The zero-order valence-electron chi connectivity index (χ0n) is 25.7. The number of carbonyl (C=O) groups is 1. The fraction of sp³-hybridized carbons (Fsp3) is 0.455. The average Bonchev–Trinajstić information content (AvgIpc) is 3.37. The summed E-state index contributed by atoms with van der Waals surface area (Å²) >= 11 is 12.6. The molecule has 0 saturated carbocycles. The van der Waals surface area contributed by atoms with Gasteiger partial charge in [0.1, 0.15) is 17.7 Å². The van der Waals surface area contributed by atoms with Gasteiger partial charge in [0.2, 0.25) is 5.88 Å². The number of aromatic nitrogens is 2. The van der Waals surface area contributed by atoms with E-state index in [4.69, 9.17) is 42.9 Å². The Morgan fingerprint density at radius 3 is 2.09 bits per heavy atom. The SMILES string of the molecule is CCOc1nc(C(C)(C)C)ncc1C1=N[C@H](c2ccc(Cl)cc2)[C@H](c2ccc(Cl)cc2)N1C(=O)N1CCC(N(C)C)CC1. The molecule has 1 aromatic heterocycles. The van der Waals surface area contributed by atoms with Crippen LogP contribution in [0.4, 0.5) is 4.79 Å². The van der Waals surface area contributed by atoms with Gasteiger partial charge in [-0.15, -0.1) is 0 Å². The van der Waals surface area contributed by atoms with Crippen LogP contribution in [0.2, 0.25) is 10.0 Å². The van der Waals surface area contributed by atoms with E-state index in [0.29, 0.717) is 58.9 Å². The third kappa shape index (κ3) is 6.66. The molecule has 2 aromatic carbocycles. The molecule has 8 nitrogen and oxygen atoms in total. The fourth-order valence-corrected chi connectivity index (χ4v) is 5.96. The molecule has 0 spiro atoms. The number of nitrogens with zero attached hydrogens (tertiary/aromatic N) is 6. The maximum absolute atomic E-state index is 14.7. The predicted octanol–water partition coefficient (Wildman–Crippen LogP) is 7.17. The van der Waals surface area contributed by atoms with Gasteiger partial charge in [-0.3, -0.25) is 9.89 Å². The number of likely N-dealkylation sites (tertiary alicyclic amines) is 1. The fourth-order valence-electron chi connectivity index (χ4n) is 5.71. The van der Waals surface area contributed by atoms with E-state index in [2.05, 4.69) is 39.8 Å². The van der Waals surface area contributed by atoms with Gasteiger partial charge in [-0.2, -0.15) is 4.98 Å². The minimum atomic E-state index is -0.440. The minimum Gasteiger partial charge on any atom is -0.477 e. The summed E-state index contributed by atoms with van der Waals surface area (Å²) in [6, 6.07) is 14.8. The summed E-state index contributed by atoms with van der Waals surface area (Å²) in [5.74, 6) is 1.56. The molecule has 0 unspecified atom stereocenters. The standard InChI is InChI=1S/C33H40Cl2N6O2/c1-7-43-30-26(20-36-31(38-30)33(2,3)4)29-37-27(21-8-12-23(34)13-9-21)28(22-10-14-24(35)15-11-22)41(29)32(42)40-18-16-25(17-19-40)39(5)6/h8-15,20,25,27-28H,7,16-19H2,1-6H3/t27-,28+/m1/s1. The van der Waals surface area contributed by atoms with Crippen LogP contribution in [-0.4, -0.2) is 76.4 Å². The molecule has 228 valence electrons. The number of amidine groups is 1. The number of amides is 2. The van der Waals surface area contributed by atoms with Gasteiger partial charge in [0, 0.05) is 40.8 Å². The van der Waals surface area contributed by atoms with E-state index < -0.39 is 12.1 Å². The lowest BCUT2D eigenvalue weighted by Gasteiger charge is -2.39. The zero-order chi connectivity index (χ0) is 30.9. The highest BCUT2D eigenvalue weighted by atomic mass is 35.5. The van der Waals surface area contributed by atoms with Crippen LogP contribution in [0.5, 0.6) is 5.88 Å². The first kappa shape index (κ1) is 31.2. The third-order valence-electron chi connectivity index (χ3n) is 8.11. The maximum atomic E-state index is 14.7. The lowest BCUT2D eigenvalue weighted by molar-refractivity contribution is 0.127. The van der Waals surface area contributed by atoms with Gasteiger partial charge in [0.25, 0.3) is 0 Å². The topological polar surface area (TPSA) is 74.2 Å². The molecule has 0 aliphatic carbocycles. The Hall–Kier alpha value is -3.20. The normalized spacial score (nSPS) is 19.6. The maximum Gasteiger partial charge on any atom is 0.326 e. The third-order valence-corrected chi connectivity index (χ3v) is 8.61. The van der Waals surface area contributed by atoms with Crippen LogP contribution in [0, 0.1) is 0 Å². The number of hydrogen-bond donors (Lipinski definition) is 0. The van der Waals surface area contributed by atoms with Crippen molar-refractivity contribution in [3.8, 4) is 5.88 Å². The average molecular weight is 624 g/mol. The Balaban J connectivity index is 1.67. The highest BCUT2D eigenvalue weighted by molar-refractivity contribution is 6.30. The highest BCUT2D eigenvalue weighted by Gasteiger charge is 2.45. The van der Waals surface area contributed by atoms with Crippen molar-refractivity contribution in [3.63, 3.8) is 0 Å². The summed E-state index contributed by atoms with van der Waals surface area (Å²) in [6.45, 7) is 9.82. The van der Waals surface area contributed by atoms with Gasteiger partial charge in [-0.05, 0) is 69.3 Å². The van der Waals surface area contributed by atoms with Gasteiger partial charge in [-0.25, -0.2) is 9.78 Å². The molecule has 1 fully saturated rings. The molecule has 3 heterocycles. The first-order valence-electron chi connectivity index (χ1n) is 14.8. The lowest BCUT2D eigenvalue weighted by Crippen LogP contribution is -2.51. The van der Waals surface area contributed by atoms with E-state index >= 15 is 0 Å². The Labute approximate surface area is 264 Å². The Morgan fingerprint density at radius 1 is 0.977 bits per heavy atom. The van der Waals surface area contributed by atoms with Crippen LogP contribution in [0.25, 0.3) is 0 Å². The van der Waals surface area contributed by atoms with E-state index in [1.165, 1.54) is 0 Å². The van der Waals surface area contributed by atoms with Gasteiger partial charge >= 0.3 is 6.03 Å². The molecular weight excluding hydrogens is 583 g/mol. The van der Waals surface area contributed by atoms with Crippen LogP contribution in [0.1, 0.15) is 75.1 Å². The largest absolute Gasteiger partial charge is 0.477 e. The van der Waals surface area contributed by atoms with E-state index in [9.17, 15) is 4.79 Å². The van der Waals surface area contributed by atoms with Crippen molar-refractivity contribution in [1.82, 2.24) is 24.7 Å². The minimum absolute atomic E-state index is 0.102. The van der Waals surface area contributed by atoms with Gasteiger partial charge in [-0.1, -0.05) is 68.2 Å². The first-order chi connectivity index (χ1) is 20.5. The van der Waals surface area contributed by atoms with Crippen molar-refractivity contribution in [3.05, 3.63) is 87.3 Å². The van der Waals surface area contributed by atoms with E-state index in [-0.39, 0.29) is 11.4 Å². The number of ether oxygens (including phenoxy) is 1. The predicted molar refractivity (Wildman–Crippen MR) is 172 cm³/mol. The smallest absolute Gasteiger partial charge is 0.326 e. The lowest BCUT2D eigenvalue weighted by atomic mass is 9.93. The number of rotatable bonds is 6. The summed E-state index contributed by atoms with van der Waals surface area (Å²) in [6.07, 6.45) is 3.55. The van der Waals surface area contributed by atoms with Crippen LogP contribution < -0.4 is 4.74 Å². The number of urea groups is 1. The number of carbonyl (C=O) groups excluding carboxylic acids is 1. The summed E-state index contributed by atoms with van der Waals surface area (Å²) < 4.78 is 6.09.